The highest BCUT2D eigenvalue weighted by molar-refractivity contribution is 5.85. The highest BCUT2D eigenvalue weighted by Crippen LogP contribution is 2.21. The van der Waals surface area contributed by atoms with Crippen LogP contribution in [0.4, 0.5) is 0 Å². The Labute approximate surface area is 128 Å². The van der Waals surface area contributed by atoms with Gasteiger partial charge in [0.15, 0.2) is 0 Å². The lowest BCUT2D eigenvalue weighted by Crippen LogP contribution is -2.40. The molecule has 0 amide bonds. The van der Waals surface area contributed by atoms with Gasteiger partial charge < -0.3 is 14.7 Å². The first kappa shape index (κ1) is 17.3. The summed E-state index contributed by atoms with van der Waals surface area (Å²) in [5.41, 5.74) is 0. The molecule has 1 atom stereocenters. The molecule has 0 spiro atoms. The molecular formula is C16H26ClNO2. The molecule has 1 aliphatic rings. The molecule has 0 bridgehead atoms. The fraction of sp³-hybridized carbons (Fsp3) is 0.625. The maximum absolute atomic E-state index is 10.0. The number of hydrogen-bond donors (Lipinski definition) is 1. The molecule has 114 valence electrons. The number of likely N-dealkylation sites (N-methyl/N-ethyl adjacent to an activating group) is 1. The lowest BCUT2D eigenvalue weighted by molar-refractivity contribution is 0.0561. The van der Waals surface area contributed by atoms with Gasteiger partial charge in [0.25, 0.3) is 0 Å². The summed E-state index contributed by atoms with van der Waals surface area (Å²) in [7, 11) is 2.11. The van der Waals surface area contributed by atoms with Gasteiger partial charge in [-0.3, -0.25) is 0 Å². The Hall–Kier alpha value is -0.770. The van der Waals surface area contributed by atoms with Crippen LogP contribution >= 0.6 is 12.4 Å². The van der Waals surface area contributed by atoms with Crippen LogP contribution in [-0.4, -0.2) is 42.4 Å². The van der Waals surface area contributed by atoms with Gasteiger partial charge >= 0.3 is 0 Å². The van der Waals surface area contributed by atoms with E-state index in [4.69, 9.17) is 4.74 Å². The van der Waals surface area contributed by atoms with E-state index in [9.17, 15) is 5.11 Å². The predicted octanol–water partition coefficient (Wildman–Crippen LogP) is 3.11. The third-order valence-electron chi connectivity index (χ3n) is 3.88. The van der Waals surface area contributed by atoms with Crippen molar-refractivity contribution in [3.8, 4) is 5.75 Å². The molecule has 0 heterocycles. The van der Waals surface area contributed by atoms with Gasteiger partial charge in [-0.25, -0.2) is 0 Å². The lowest BCUT2D eigenvalue weighted by Gasteiger charge is -2.32. The molecule has 4 heteroatoms. The van der Waals surface area contributed by atoms with Crippen molar-refractivity contribution in [2.75, 3.05) is 20.2 Å². The first-order valence-corrected chi connectivity index (χ1v) is 7.32. The molecule has 1 fully saturated rings. The van der Waals surface area contributed by atoms with E-state index in [-0.39, 0.29) is 12.4 Å². The van der Waals surface area contributed by atoms with Gasteiger partial charge in [0.2, 0.25) is 0 Å². The smallest absolute Gasteiger partial charge is 0.119 e. The van der Waals surface area contributed by atoms with Crippen molar-refractivity contribution in [3.05, 3.63) is 30.3 Å². The molecule has 1 aliphatic carbocycles. The minimum Gasteiger partial charge on any atom is -0.491 e. The SMILES string of the molecule is CN(CC(O)COc1ccccc1)C1CCCCC1.Cl. The zero-order valence-electron chi connectivity index (χ0n) is 12.2. The average Bonchev–Trinajstić information content (AvgIpc) is 2.47. The molecular weight excluding hydrogens is 274 g/mol. The summed E-state index contributed by atoms with van der Waals surface area (Å²) in [5, 5.41) is 10.0. The predicted molar refractivity (Wildman–Crippen MR) is 84.7 cm³/mol. The largest absolute Gasteiger partial charge is 0.491 e. The monoisotopic (exact) mass is 299 g/mol. The van der Waals surface area contributed by atoms with Crippen molar-refractivity contribution >= 4 is 12.4 Å². The van der Waals surface area contributed by atoms with Gasteiger partial charge in [-0.1, -0.05) is 37.5 Å². The second-order valence-corrected chi connectivity index (χ2v) is 5.51. The van der Waals surface area contributed by atoms with E-state index in [1.807, 2.05) is 30.3 Å². The van der Waals surface area contributed by atoms with Gasteiger partial charge in [-0.05, 0) is 32.0 Å². The molecule has 20 heavy (non-hydrogen) atoms. The summed E-state index contributed by atoms with van der Waals surface area (Å²) in [6.45, 7) is 1.05. The summed E-state index contributed by atoms with van der Waals surface area (Å²) < 4.78 is 5.58. The summed E-state index contributed by atoms with van der Waals surface area (Å²) >= 11 is 0. The number of halogens is 1. The van der Waals surface area contributed by atoms with Crippen LogP contribution in [0.1, 0.15) is 32.1 Å². The van der Waals surface area contributed by atoms with Crippen LogP contribution in [0.5, 0.6) is 5.75 Å². The standard InChI is InChI=1S/C16H25NO2.ClH/c1-17(14-8-4-2-5-9-14)12-15(18)13-19-16-10-6-3-7-11-16;/h3,6-7,10-11,14-15,18H,2,4-5,8-9,12-13H2,1H3;1H. The first-order valence-electron chi connectivity index (χ1n) is 7.32. The lowest BCUT2D eigenvalue weighted by atomic mass is 9.94. The van der Waals surface area contributed by atoms with Crippen molar-refractivity contribution < 1.29 is 9.84 Å². The quantitative estimate of drug-likeness (QED) is 0.876. The van der Waals surface area contributed by atoms with E-state index < -0.39 is 6.10 Å². The summed E-state index contributed by atoms with van der Waals surface area (Å²) in [5.74, 6) is 0.821. The normalized spacial score (nSPS) is 17.6. The molecule has 3 nitrogen and oxygen atoms in total. The Kier molecular flexibility index (Phi) is 7.97. The molecule has 1 saturated carbocycles. The number of aliphatic hydroxyl groups excluding tert-OH is 1. The second kappa shape index (κ2) is 9.22. The number of para-hydroxylation sites is 1. The first-order chi connectivity index (χ1) is 9.25. The van der Waals surface area contributed by atoms with Gasteiger partial charge in [0.05, 0.1) is 0 Å². The van der Waals surface area contributed by atoms with Crippen molar-refractivity contribution in [2.24, 2.45) is 0 Å². The second-order valence-electron chi connectivity index (χ2n) is 5.51. The number of benzene rings is 1. The number of hydrogen-bond acceptors (Lipinski definition) is 3. The maximum Gasteiger partial charge on any atom is 0.119 e. The minimum absolute atomic E-state index is 0. The molecule has 0 radical (unpaired) electrons. The maximum atomic E-state index is 10.0. The Morgan fingerprint density at radius 1 is 1.20 bits per heavy atom. The number of ether oxygens (including phenoxy) is 1. The molecule has 2 rings (SSSR count). The van der Waals surface area contributed by atoms with Crippen LogP contribution in [0.2, 0.25) is 0 Å². The zero-order valence-corrected chi connectivity index (χ0v) is 13.0. The van der Waals surface area contributed by atoms with Crippen LogP contribution in [0.3, 0.4) is 0 Å². The molecule has 0 saturated heterocycles. The van der Waals surface area contributed by atoms with Crippen LogP contribution in [0.15, 0.2) is 30.3 Å². The van der Waals surface area contributed by atoms with Crippen molar-refractivity contribution in [1.29, 1.82) is 0 Å². The summed E-state index contributed by atoms with van der Waals surface area (Å²) in [6, 6.07) is 10.3. The van der Waals surface area contributed by atoms with Crippen molar-refractivity contribution in [3.63, 3.8) is 0 Å². The Morgan fingerprint density at radius 2 is 1.85 bits per heavy atom. The highest BCUT2D eigenvalue weighted by atomic mass is 35.5. The number of rotatable bonds is 6. The van der Waals surface area contributed by atoms with Crippen LogP contribution in [-0.2, 0) is 0 Å². The van der Waals surface area contributed by atoms with Crippen LogP contribution in [0.25, 0.3) is 0 Å². The van der Waals surface area contributed by atoms with Gasteiger partial charge in [0, 0.05) is 12.6 Å². The van der Waals surface area contributed by atoms with Gasteiger partial charge in [-0.15, -0.1) is 12.4 Å². The highest BCUT2D eigenvalue weighted by Gasteiger charge is 2.20. The Morgan fingerprint density at radius 3 is 2.50 bits per heavy atom. The van der Waals surface area contributed by atoms with E-state index in [1.165, 1.54) is 32.1 Å². The molecule has 1 N–H and O–H groups in total. The summed E-state index contributed by atoms with van der Waals surface area (Å²) in [4.78, 5) is 2.29. The third kappa shape index (κ3) is 5.70. The minimum atomic E-state index is -0.424. The number of nitrogens with zero attached hydrogens (tertiary/aromatic N) is 1. The summed E-state index contributed by atoms with van der Waals surface area (Å²) in [6.07, 6.45) is 6.12. The molecule has 1 unspecified atom stereocenters. The molecule has 1 aromatic rings. The van der Waals surface area contributed by atoms with E-state index in [0.717, 1.165) is 5.75 Å². The third-order valence-corrected chi connectivity index (χ3v) is 3.88. The van der Waals surface area contributed by atoms with Gasteiger partial charge in [0.1, 0.15) is 18.5 Å². The number of aliphatic hydroxyl groups is 1. The van der Waals surface area contributed by atoms with Crippen LogP contribution in [0, 0.1) is 0 Å². The Balaban J connectivity index is 0.00000200. The van der Waals surface area contributed by atoms with Crippen molar-refractivity contribution in [1.82, 2.24) is 4.90 Å². The van der Waals surface area contributed by atoms with Gasteiger partial charge in [-0.2, -0.15) is 0 Å². The molecule has 0 aliphatic heterocycles. The fourth-order valence-corrected chi connectivity index (χ4v) is 2.77. The Bertz CT molecular complexity index is 355. The van der Waals surface area contributed by atoms with E-state index in [2.05, 4.69) is 11.9 Å². The topological polar surface area (TPSA) is 32.7 Å². The van der Waals surface area contributed by atoms with E-state index >= 15 is 0 Å². The average molecular weight is 300 g/mol. The van der Waals surface area contributed by atoms with Crippen LogP contribution < -0.4 is 4.74 Å². The van der Waals surface area contributed by atoms with Crippen molar-refractivity contribution in [2.45, 2.75) is 44.2 Å². The zero-order chi connectivity index (χ0) is 13.5. The van der Waals surface area contributed by atoms with E-state index in [1.54, 1.807) is 0 Å². The van der Waals surface area contributed by atoms with E-state index in [0.29, 0.717) is 19.2 Å². The fourth-order valence-electron chi connectivity index (χ4n) is 2.77. The molecule has 0 aromatic heterocycles. The molecule has 1 aromatic carbocycles.